The van der Waals surface area contributed by atoms with E-state index in [0.29, 0.717) is 16.8 Å². The van der Waals surface area contributed by atoms with Crippen molar-refractivity contribution in [1.82, 2.24) is 5.32 Å². The lowest BCUT2D eigenvalue weighted by atomic mass is 10.0. The van der Waals surface area contributed by atoms with Crippen LogP contribution in [0.25, 0.3) is 0 Å². The molecule has 0 bridgehead atoms. The van der Waals surface area contributed by atoms with Gasteiger partial charge in [0.25, 0.3) is 5.91 Å². The Balaban J connectivity index is 1.75. The molecule has 1 atom stereocenters. The maximum atomic E-state index is 13.9. The minimum absolute atomic E-state index is 0.128. The monoisotopic (exact) mass is 418 g/mol. The van der Waals surface area contributed by atoms with E-state index in [-0.39, 0.29) is 17.3 Å². The summed E-state index contributed by atoms with van der Waals surface area (Å²) in [5.74, 6) is -2.19. The number of carbonyl (C=O) groups is 3. The normalized spacial score (nSPS) is 11.6. The summed E-state index contributed by atoms with van der Waals surface area (Å²) in [5.41, 5.74) is 1.28. The highest BCUT2D eigenvalue weighted by Crippen LogP contribution is 2.16. The SMILES string of the molecule is CC(C)C(NC(=O)c1ccccc1F)C(=O)Nc1cccc(C(=O)c2ccccc2)c1. The van der Waals surface area contributed by atoms with Gasteiger partial charge in [-0.3, -0.25) is 14.4 Å². The van der Waals surface area contributed by atoms with Crippen molar-refractivity contribution in [2.45, 2.75) is 19.9 Å². The van der Waals surface area contributed by atoms with Crippen LogP contribution in [0, 0.1) is 11.7 Å². The van der Waals surface area contributed by atoms with Crippen LogP contribution < -0.4 is 10.6 Å². The summed E-state index contributed by atoms with van der Waals surface area (Å²) in [6.45, 7) is 3.56. The molecule has 0 heterocycles. The molecule has 0 aliphatic carbocycles. The summed E-state index contributed by atoms with van der Waals surface area (Å²) in [6, 6.07) is 20.1. The highest BCUT2D eigenvalue weighted by Gasteiger charge is 2.26. The standard InChI is InChI=1S/C25H23FN2O3/c1-16(2)22(28-24(30)20-13-6-7-14-21(20)26)25(31)27-19-12-8-11-18(15-19)23(29)17-9-4-3-5-10-17/h3-16,22H,1-2H3,(H,27,31)(H,28,30). The number of rotatable bonds is 7. The van der Waals surface area contributed by atoms with Crippen LogP contribution in [0.4, 0.5) is 10.1 Å². The quantitative estimate of drug-likeness (QED) is 0.557. The van der Waals surface area contributed by atoms with Gasteiger partial charge < -0.3 is 10.6 Å². The van der Waals surface area contributed by atoms with E-state index in [9.17, 15) is 18.8 Å². The molecule has 2 amide bonds. The summed E-state index contributed by atoms with van der Waals surface area (Å²) in [5, 5.41) is 5.34. The van der Waals surface area contributed by atoms with Crippen LogP contribution in [-0.2, 0) is 4.79 Å². The van der Waals surface area contributed by atoms with E-state index in [4.69, 9.17) is 0 Å². The molecule has 5 nitrogen and oxygen atoms in total. The summed E-state index contributed by atoms with van der Waals surface area (Å²) >= 11 is 0. The van der Waals surface area contributed by atoms with Crippen LogP contribution in [0.1, 0.15) is 40.1 Å². The molecule has 0 aliphatic heterocycles. The summed E-state index contributed by atoms with van der Waals surface area (Å²) < 4.78 is 13.9. The number of hydrogen-bond acceptors (Lipinski definition) is 3. The summed E-state index contributed by atoms with van der Waals surface area (Å²) in [7, 11) is 0. The Kier molecular flexibility index (Phi) is 6.92. The average Bonchev–Trinajstić information content (AvgIpc) is 2.77. The van der Waals surface area contributed by atoms with E-state index in [1.807, 2.05) is 6.07 Å². The Morgan fingerprint density at radius 2 is 1.45 bits per heavy atom. The van der Waals surface area contributed by atoms with Gasteiger partial charge in [0.05, 0.1) is 5.56 Å². The number of benzene rings is 3. The first-order valence-electron chi connectivity index (χ1n) is 9.93. The summed E-state index contributed by atoms with van der Waals surface area (Å²) in [6.07, 6.45) is 0. The predicted molar refractivity (Wildman–Crippen MR) is 117 cm³/mol. The highest BCUT2D eigenvalue weighted by molar-refractivity contribution is 6.10. The van der Waals surface area contributed by atoms with Gasteiger partial charge in [-0.15, -0.1) is 0 Å². The van der Waals surface area contributed by atoms with Crippen molar-refractivity contribution in [3.63, 3.8) is 0 Å². The molecule has 0 fully saturated rings. The van der Waals surface area contributed by atoms with Crippen LogP contribution in [0.15, 0.2) is 78.9 Å². The lowest BCUT2D eigenvalue weighted by Gasteiger charge is -2.22. The molecule has 3 aromatic rings. The highest BCUT2D eigenvalue weighted by atomic mass is 19.1. The molecule has 158 valence electrons. The van der Waals surface area contributed by atoms with E-state index in [2.05, 4.69) is 10.6 Å². The Morgan fingerprint density at radius 3 is 2.13 bits per heavy atom. The van der Waals surface area contributed by atoms with Crippen LogP contribution in [0.5, 0.6) is 0 Å². The van der Waals surface area contributed by atoms with Crippen molar-refractivity contribution in [2.24, 2.45) is 5.92 Å². The maximum Gasteiger partial charge on any atom is 0.254 e. The zero-order valence-corrected chi connectivity index (χ0v) is 17.3. The van der Waals surface area contributed by atoms with Gasteiger partial charge in [0, 0.05) is 16.8 Å². The van der Waals surface area contributed by atoms with Gasteiger partial charge >= 0.3 is 0 Å². The van der Waals surface area contributed by atoms with E-state index in [0.717, 1.165) is 0 Å². The zero-order chi connectivity index (χ0) is 22.4. The molecule has 6 heteroatoms. The van der Waals surface area contributed by atoms with Crippen molar-refractivity contribution in [3.05, 3.63) is 101 Å². The van der Waals surface area contributed by atoms with Gasteiger partial charge in [-0.25, -0.2) is 4.39 Å². The lowest BCUT2D eigenvalue weighted by molar-refractivity contribution is -0.118. The Bertz CT molecular complexity index is 1100. The average molecular weight is 418 g/mol. The topological polar surface area (TPSA) is 75.3 Å². The Hall–Kier alpha value is -3.80. The van der Waals surface area contributed by atoms with Gasteiger partial charge in [0.1, 0.15) is 11.9 Å². The largest absolute Gasteiger partial charge is 0.340 e. The Labute approximate surface area is 180 Å². The number of ketones is 1. The minimum Gasteiger partial charge on any atom is -0.340 e. The van der Waals surface area contributed by atoms with E-state index >= 15 is 0 Å². The maximum absolute atomic E-state index is 13.9. The number of nitrogens with one attached hydrogen (secondary N) is 2. The van der Waals surface area contributed by atoms with Gasteiger partial charge in [0.15, 0.2) is 5.78 Å². The van der Waals surface area contributed by atoms with Crippen molar-refractivity contribution in [2.75, 3.05) is 5.32 Å². The molecule has 0 aliphatic rings. The third kappa shape index (κ3) is 5.42. The molecule has 3 aromatic carbocycles. The van der Waals surface area contributed by atoms with Crippen molar-refractivity contribution in [3.8, 4) is 0 Å². The van der Waals surface area contributed by atoms with E-state index in [1.54, 1.807) is 68.4 Å². The predicted octanol–water partition coefficient (Wildman–Crippen LogP) is 4.45. The van der Waals surface area contributed by atoms with Gasteiger partial charge in [-0.2, -0.15) is 0 Å². The molecule has 3 rings (SSSR count). The molecular formula is C25H23FN2O3. The minimum atomic E-state index is -0.888. The number of anilines is 1. The molecule has 0 saturated carbocycles. The lowest BCUT2D eigenvalue weighted by Crippen LogP contribution is -2.47. The molecule has 0 radical (unpaired) electrons. The second-order valence-electron chi connectivity index (χ2n) is 7.44. The Morgan fingerprint density at radius 1 is 0.806 bits per heavy atom. The molecule has 1 unspecified atom stereocenters. The zero-order valence-electron chi connectivity index (χ0n) is 17.3. The van der Waals surface area contributed by atoms with E-state index in [1.165, 1.54) is 18.2 Å². The third-order valence-electron chi connectivity index (χ3n) is 4.78. The smallest absolute Gasteiger partial charge is 0.254 e. The van der Waals surface area contributed by atoms with Crippen LogP contribution in [-0.4, -0.2) is 23.6 Å². The van der Waals surface area contributed by atoms with Gasteiger partial charge in [-0.05, 0) is 30.2 Å². The van der Waals surface area contributed by atoms with Crippen molar-refractivity contribution in [1.29, 1.82) is 0 Å². The molecule has 2 N–H and O–H groups in total. The third-order valence-corrected chi connectivity index (χ3v) is 4.78. The summed E-state index contributed by atoms with van der Waals surface area (Å²) in [4.78, 5) is 38.0. The fourth-order valence-corrected chi connectivity index (χ4v) is 3.11. The van der Waals surface area contributed by atoms with Crippen LogP contribution in [0.3, 0.4) is 0 Å². The second kappa shape index (κ2) is 9.80. The fourth-order valence-electron chi connectivity index (χ4n) is 3.11. The number of hydrogen-bond donors (Lipinski definition) is 2. The van der Waals surface area contributed by atoms with Crippen LogP contribution >= 0.6 is 0 Å². The number of amides is 2. The molecule has 31 heavy (non-hydrogen) atoms. The molecule has 0 aromatic heterocycles. The fraction of sp³-hybridized carbons (Fsp3) is 0.160. The number of halogens is 1. The van der Waals surface area contributed by atoms with Crippen LogP contribution in [0.2, 0.25) is 0 Å². The van der Waals surface area contributed by atoms with E-state index < -0.39 is 23.7 Å². The first kappa shape index (κ1) is 21.9. The second-order valence-corrected chi connectivity index (χ2v) is 7.44. The molecule has 0 saturated heterocycles. The van der Waals surface area contributed by atoms with Crippen molar-refractivity contribution >= 4 is 23.3 Å². The first-order valence-corrected chi connectivity index (χ1v) is 9.93. The molecule has 0 spiro atoms. The number of carbonyl (C=O) groups excluding carboxylic acids is 3. The van der Waals surface area contributed by atoms with Crippen molar-refractivity contribution < 1.29 is 18.8 Å². The van der Waals surface area contributed by atoms with Gasteiger partial charge in [-0.1, -0.05) is 68.4 Å². The first-order chi connectivity index (χ1) is 14.9. The van der Waals surface area contributed by atoms with Gasteiger partial charge in [0.2, 0.25) is 5.91 Å². The molecular weight excluding hydrogens is 395 g/mol.